The molecule has 0 aliphatic carbocycles. The van der Waals surface area contributed by atoms with Crippen LogP contribution < -0.4 is 5.32 Å². The van der Waals surface area contributed by atoms with Crippen LogP contribution in [0, 0.1) is 5.95 Å². The summed E-state index contributed by atoms with van der Waals surface area (Å²) in [4.78, 5) is 8.39. The Morgan fingerprint density at radius 2 is 1.81 bits per heavy atom. The van der Waals surface area contributed by atoms with E-state index in [4.69, 9.17) is 0 Å². The fourth-order valence-electron chi connectivity index (χ4n) is 2.28. The molecule has 1 N–H and O–H groups in total. The Balaban J connectivity index is 0.00000169. The molecule has 0 aromatic carbocycles. The Labute approximate surface area is 167 Å². The van der Waals surface area contributed by atoms with Crippen molar-refractivity contribution in [3.05, 3.63) is 59.7 Å². The maximum absolute atomic E-state index is 14.1. The van der Waals surface area contributed by atoms with Crippen LogP contribution >= 0.6 is 36.2 Å². The molecule has 0 radical (unpaired) electrons. The zero-order valence-electron chi connectivity index (χ0n) is 13.5. The van der Waals surface area contributed by atoms with E-state index < -0.39 is 15.8 Å². The molecule has 0 unspecified atom stereocenters. The molecular weight excluding hydrogens is 420 g/mol. The van der Waals surface area contributed by atoms with Crippen LogP contribution in [-0.4, -0.2) is 25.4 Å². The van der Waals surface area contributed by atoms with Crippen molar-refractivity contribution in [2.75, 3.05) is 7.05 Å². The van der Waals surface area contributed by atoms with E-state index in [0.29, 0.717) is 12.1 Å². The fraction of sp³-hybridized carbons (Fsp3) is 0.125. The molecule has 140 valence electrons. The van der Waals surface area contributed by atoms with Crippen LogP contribution in [-0.2, 0) is 16.4 Å². The molecule has 5 nitrogen and oxygen atoms in total. The summed E-state index contributed by atoms with van der Waals surface area (Å²) >= 11 is 1.12. The molecule has 0 bridgehead atoms. The zero-order valence-corrected chi connectivity index (χ0v) is 16.8. The first-order valence-corrected chi connectivity index (χ1v) is 9.37. The van der Waals surface area contributed by atoms with Gasteiger partial charge in [-0.15, -0.1) is 36.2 Å². The lowest BCUT2D eigenvalue weighted by molar-refractivity contribution is 0.587. The van der Waals surface area contributed by atoms with E-state index in [1.165, 1.54) is 36.8 Å². The van der Waals surface area contributed by atoms with Crippen molar-refractivity contribution < 1.29 is 12.8 Å². The number of sulfone groups is 1. The highest BCUT2D eigenvalue weighted by molar-refractivity contribution is 7.93. The second-order valence-electron chi connectivity index (χ2n) is 4.97. The van der Waals surface area contributed by atoms with Gasteiger partial charge >= 0.3 is 0 Å². The van der Waals surface area contributed by atoms with Crippen LogP contribution in [0.3, 0.4) is 0 Å². The van der Waals surface area contributed by atoms with Gasteiger partial charge in [0.25, 0.3) is 0 Å². The largest absolute Gasteiger partial charge is 0.315 e. The molecule has 0 aliphatic heterocycles. The molecule has 3 rings (SSSR count). The lowest BCUT2D eigenvalue weighted by atomic mass is 10.1. The first-order chi connectivity index (χ1) is 11.5. The van der Waals surface area contributed by atoms with Crippen molar-refractivity contribution in [1.29, 1.82) is 0 Å². The topological polar surface area (TPSA) is 72.0 Å². The van der Waals surface area contributed by atoms with E-state index in [-0.39, 0.29) is 39.5 Å². The second kappa shape index (κ2) is 9.38. The van der Waals surface area contributed by atoms with Crippen molar-refractivity contribution in [3.8, 4) is 11.1 Å². The predicted octanol–water partition coefficient (Wildman–Crippen LogP) is 3.74. The van der Waals surface area contributed by atoms with Crippen molar-refractivity contribution in [3.63, 3.8) is 0 Å². The number of nitrogens with one attached hydrogen (secondary N) is 1. The summed E-state index contributed by atoms with van der Waals surface area (Å²) in [6, 6.07) is 7.65. The summed E-state index contributed by atoms with van der Waals surface area (Å²) in [6.45, 7) is 0.491. The molecule has 26 heavy (non-hydrogen) atoms. The average Bonchev–Trinajstić information content (AvgIpc) is 3.01. The van der Waals surface area contributed by atoms with Crippen LogP contribution in [0.4, 0.5) is 4.39 Å². The van der Waals surface area contributed by atoms with Crippen LogP contribution in [0.2, 0.25) is 0 Å². The summed E-state index contributed by atoms with van der Waals surface area (Å²) in [5, 5.41) is 2.98. The lowest BCUT2D eigenvalue weighted by Gasteiger charge is -2.06. The molecule has 3 aromatic heterocycles. The number of pyridine rings is 2. The van der Waals surface area contributed by atoms with Gasteiger partial charge in [0.05, 0.1) is 4.90 Å². The van der Waals surface area contributed by atoms with Gasteiger partial charge in [0.2, 0.25) is 15.8 Å². The molecular formula is C16H16Cl2FN3O2S2. The van der Waals surface area contributed by atoms with Crippen molar-refractivity contribution in [2.24, 2.45) is 0 Å². The number of hydrogen-bond donors (Lipinski definition) is 1. The highest BCUT2D eigenvalue weighted by atomic mass is 35.5. The standard InChI is InChI=1S/C16H14FN3O2S2.2ClH/c1-18-10-11-9-14(13-3-2-6-20-15(13)17)16(23-11)24(21,22)12-4-7-19-8-5-12;;/h2-9,18H,10H2,1H3;2*1H. The minimum absolute atomic E-state index is 0. The van der Waals surface area contributed by atoms with Gasteiger partial charge in [-0.05, 0) is 37.4 Å². The molecule has 0 atom stereocenters. The van der Waals surface area contributed by atoms with E-state index >= 15 is 0 Å². The quantitative estimate of drug-likeness (QED) is 0.617. The number of nitrogens with zero attached hydrogens (tertiary/aromatic N) is 2. The maximum atomic E-state index is 14.1. The van der Waals surface area contributed by atoms with Gasteiger partial charge < -0.3 is 5.32 Å². The first-order valence-electron chi connectivity index (χ1n) is 7.07. The summed E-state index contributed by atoms with van der Waals surface area (Å²) in [7, 11) is -2.01. The second-order valence-corrected chi connectivity index (χ2v) is 8.25. The monoisotopic (exact) mass is 435 g/mol. The molecule has 0 aliphatic rings. The minimum Gasteiger partial charge on any atom is -0.315 e. The maximum Gasteiger partial charge on any atom is 0.220 e. The summed E-state index contributed by atoms with van der Waals surface area (Å²) in [5.41, 5.74) is 0.497. The van der Waals surface area contributed by atoms with Crippen LogP contribution in [0.1, 0.15) is 4.88 Å². The number of hydrogen-bond acceptors (Lipinski definition) is 6. The van der Waals surface area contributed by atoms with E-state index in [1.54, 1.807) is 19.2 Å². The zero-order chi connectivity index (χ0) is 17.2. The van der Waals surface area contributed by atoms with Crippen molar-refractivity contribution in [2.45, 2.75) is 15.6 Å². The van der Waals surface area contributed by atoms with E-state index in [1.807, 2.05) is 0 Å². The van der Waals surface area contributed by atoms with Gasteiger partial charge in [-0.25, -0.2) is 13.4 Å². The Morgan fingerprint density at radius 1 is 1.12 bits per heavy atom. The molecule has 0 spiro atoms. The smallest absolute Gasteiger partial charge is 0.220 e. The third-order valence-corrected chi connectivity index (χ3v) is 6.79. The summed E-state index contributed by atoms with van der Waals surface area (Å²) in [6.07, 6.45) is 4.16. The first kappa shape index (κ1) is 22.5. The van der Waals surface area contributed by atoms with Gasteiger partial charge in [0.1, 0.15) is 4.21 Å². The van der Waals surface area contributed by atoms with E-state index in [9.17, 15) is 12.8 Å². The molecule has 3 aromatic rings. The van der Waals surface area contributed by atoms with Crippen LogP contribution in [0.5, 0.6) is 0 Å². The van der Waals surface area contributed by atoms with Gasteiger partial charge in [-0.1, -0.05) is 0 Å². The fourth-order valence-corrected chi connectivity index (χ4v) is 5.39. The lowest BCUT2D eigenvalue weighted by Crippen LogP contribution is -2.02. The van der Waals surface area contributed by atoms with E-state index in [2.05, 4.69) is 15.3 Å². The third kappa shape index (κ3) is 4.39. The summed E-state index contributed by atoms with van der Waals surface area (Å²) < 4.78 is 40.2. The van der Waals surface area contributed by atoms with Crippen LogP contribution in [0.25, 0.3) is 11.1 Å². The predicted molar refractivity (Wildman–Crippen MR) is 104 cm³/mol. The molecule has 0 saturated heterocycles. The van der Waals surface area contributed by atoms with Gasteiger partial charge in [0.15, 0.2) is 0 Å². The Bertz CT molecular complexity index is 967. The Morgan fingerprint density at radius 3 is 2.42 bits per heavy atom. The SMILES string of the molecule is CNCc1cc(-c2cccnc2F)c(S(=O)(=O)c2ccncc2)s1.Cl.Cl. The van der Waals surface area contributed by atoms with Gasteiger partial charge in [-0.2, -0.15) is 4.39 Å². The molecule has 0 saturated carbocycles. The van der Waals surface area contributed by atoms with Crippen LogP contribution in [0.15, 0.2) is 58.0 Å². The minimum atomic E-state index is -3.78. The molecule has 0 fully saturated rings. The van der Waals surface area contributed by atoms with Crippen molar-refractivity contribution >= 4 is 46.0 Å². The average molecular weight is 436 g/mol. The molecule has 10 heteroatoms. The third-order valence-electron chi connectivity index (χ3n) is 3.35. The van der Waals surface area contributed by atoms with Crippen molar-refractivity contribution in [1.82, 2.24) is 15.3 Å². The number of rotatable bonds is 5. The van der Waals surface area contributed by atoms with Gasteiger partial charge in [-0.3, -0.25) is 4.98 Å². The highest BCUT2D eigenvalue weighted by Crippen LogP contribution is 2.38. The number of thiophene rings is 1. The molecule has 3 heterocycles. The Kier molecular flexibility index (Phi) is 8.11. The molecule has 0 amide bonds. The number of aromatic nitrogens is 2. The highest BCUT2D eigenvalue weighted by Gasteiger charge is 2.26. The van der Waals surface area contributed by atoms with Gasteiger partial charge in [0, 0.05) is 41.1 Å². The van der Waals surface area contributed by atoms with E-state index in [0.717, 1.165) is 16.2 Å². The normalized spacial score (nSPS) is 10.7. The number of halogens is 3. The summed E-state index contributed by atoms with van der Waals surface area (Å²) in [5.74, 6) is -0.697. The Hall–Kier alpha value is -1.58.